The average molecular weight is 459 g/mol. The minimum absolute atomic E-state index is 0.0644. The normalized spacial score (nSPS) is 13.8. The molecule has 168 valence electrons. The summed E-state index contributed by atoms with van der Waals surface area (Å²) in [5.74, 6) is -0.997. The summed E-state index contributed by atoms with van der Waals surface area (Å²) in [5, 5.41) is 11.3. The molecule has 0 fully saturated rings. The lowest BCUT2D eigenvalue weighted by molar-refractivity contribution is 0.0814. The molecule has 10 heteroatoms. The SMILES string of the molecule is CN1Cc2c(c(O)c3ncc(Cc4ccc(F)cc4)cc3c2N(C)S(=O)(=O)N(C)C)C1=O. The van der Waals surface area contributed by atoms with Crippen LogP contribution in [0.25, 0.3) is 10.9 Å². The van der Waals surface area contributed by atoms with E-state index >= 15 is 0 Å². The van der Waals surface area contributed by atoms with Gasteiger partial charge in [-0.2, -0.15) is 12.7 Å². The Morgan fingerprint density at radius 2 is 1.81 bits per heavy atom. The summed E-state index contributed by atoms with van der Waals surface area (Å²) in [5.41, 5.74) is 2.53. The Hall–Kier alpha value is -3.24. The molecule has 1 aliphatic heterocycles. The molecule has 1 aliphatic rings. The Morgan fingerprint density at radius 1 is 1.16 bits per heavy atom. The first-order valence-electron chi connectivity index (χ1n) is 9.85. The van der Waals surface area contributed by atoms with Crippen molar-refractivity contribution >= 4 is 32.7 Å². The highest BCUT2D eigenvalue weighted by Gasteiger charge is 2.36. The van der Waals surface area contributed by atoms with Gasteiger partial charge in [-0.3, -0.25) is 14.1 Å². The lowest BCUT2D eigenvalue weighted by Gasteiger charge is -2.27. The molecule has 0 unspecified atom stereocenters. The van der Waals surface area contributed by atoms with Crippen LogP contribution < -0.4 is 4.31 Å². The highest BCUT2D eigenvalue weighted by Crippen LogP contribution is 2.44. The second-order valence-corrected chi connectivity index (χ2v) is 10.2. The van der Waals surface area contributed by atoms with E-state index in [0.717, 1.165) is 19.7 Å². The molecule has 0 saturated heterocycles. The molecule has 0 atom stereocenters. The van der Waals surface area contributed by atoms with E-state index in [4.69, 9.17) is 0 Å². The van der Waals surface area contributed by atoms with Gasteiger partial charge in [0.2, 0.25) is 0 Å². The van der Waals surface area contributed by atoms with E-state index in [9.17, 15) is 22.7 Å². The zero-order valence-corrected chi connectivity index (χ0v) is 18.9. The number of benzene rings is 2. The van der Waals surface area contributed by atoms with Crippen LogP contribution in [0.15, 0.2) is 36.5 Å². The van der Waals surface area contributed by atoms with E-state index in [1.807, 2.05) is 0 Å². The van der Waals surface area contributed by atoms with Crippen molar-refractivity contribution in [3.63, 3.8) is 0 Å². The topological polar surface area (TPSA) is 94.1 Å². The summed E-state index contributed by atoms with van der Waals surface area (Å²) in [6.45, 7) is 0.155. The van der Waals surface area contributed by atoms with Crippen LogP contribution in [0.2, 0.25) is 0 Å². The number of phenols is 1. The van der Waals surface area contributed by atoms with Crippen LogP contribution in [0.1, 0.15) is 27.0 Å². The van der Waals surface area contributed by atoms with Gasteiger partial charge < -0.3 is 10.0 Å². The molecule has 0 saturated carbocycles. The summed E-state index contributed by atoms with van der Waals surface area (Å²) in [6, 6.07) is 7.82. The standard InChI is InChI=1S/C22H23FN4O4S/c1-25(2)32(30,31)27(4)20-16-10-14(9-13-5-7-15(23)8-6-13)11-24-19(16)21(28)18-17(20)12-26(3)22(18)29/h5-8,10-11,28H,9,12H2,1-4H3. The van der Waals surface area contributed by atoms with Gasteiger partial charge in [0.1, 0.15) is 11.3 Å². The molecule has 2 heterocycles. The summed E-state index contributed by atoms with van der Waals surface area (Å²) < 4.78 is 41.4. The lowest BCUT2D eigenvalue weighted by atomic mass is 9.98. The van der Waals surface area contributed by atoms with Crippen LogP contribution in [0, 0.1) is 5.82 Å². The Balaban J connectivity index is 1.97. The number of carbonyl (C=O) groups is 1. The van der Waals surface area contributed by atoms with Crippen LogP contribution in [-0.2, 0) is 23.2 Å². The Bertz CT molecular complexity index is 1340. The second kappa shape index (κ2) is 7.72. The van der Waals surface area contributed by atoms with Gasteiger partial charge in [0.25, 0.3) is 5.91 Å². The Kier molecular flexibility index (Phi) is 5.30. The van der Waals surface area contributed by atoms with Crippen LogP contribution in [0.5, 0.6) is 5.75 Å². The number of anilines is 1. The van der Waals surface area contributed by atoms with E-state index in [2.05, 4.69) is 4.98 Å². The summed E-state index contributed by atoms with van der Waals surface area (Å²) in [4.78, 5) is 18.5. The van der Waals surface area contributed by atoms with Gasteiger partial charge in [-0.1, -0.05) is 12.1 Å². The molecule has 0 aliphatic carbocycles. The fourth-order valence-corrected chi connectivity index (χ4v) is 4.89. The van der Waals surface area contributed by atoms with Crippen molar-refractivity contribution < 1.29 is 22.7 Å². The quantitative estimate of drug-likeness (QED) is 0.634. The minimum atomic E-state index is -3.88. The van der Waals surface area contributed by atoms with Crippen LogP contribution in [-0.4, -0.2) is 61.8 Å². The highest BCUT2D eigenvalue weighted by atomic mass is 32.2. The van der Waals surface area contributed by atoms with E-state index in [-0.39, 0.29) is 29.2 Å². The predicted molar refractivity (Wildman–Crippen MR) is 119 cm³/mol. The molecule has 32 heavy (non-hydrogen) atoms. The smallest absolute Gasteiger partial charge is 0.303 e. The van der Waals surface area contributed by atoms with Gasteiger partial charge in [-0.25, -0.2) is 4.39 Å². The first-order chi connectivity index (χ1) is 15.0. The third-order valence-corrected chi connectivity index (χ3v) is 7.45. The third-order valence-electron chi connectivity index (χ3n) is 5.65. The molecule has 0 spiro atoms. The van der Waals surface area contributed by atoms with Gasteiger partial charge in [-0.05, 0) is 35.7 Å². The molecule has 4 rings (SSSR count). The van der Waals surface area contributed by atoms with Crippen LogP contribution in [0.4, 0.5) is 10.1 Å². The second-order valence-electron chi connectivity index (χ2n) is 8.01. The van der Waals surface area contributed by atoms with Crippen molar-refractivity contribution in [2.75, 3.05) is 32.5 Å². The molecule has 1 N–H and O–H groups in total. The first kappa shape index (κ1) is 22.0. The maximum absolute atomic E-state index is 13.2. The molecule has 1 aromatic heterocycles. The Morgan fingerprint density at radius 3 is 2.44 bits per heavy atom. The van der Waals surface area contributed by atoms with E-state index in [1.54, 1.807) is 31.4 Å². The first-order valence-corrected chi connectivity index (χ1v) is 11.2. The van der Waals surface area contributed by atoms with Crippen LogP contribution >= 0.6 is 0 Å². The van der Waals surface area contributed by atoms with Gasteiger partial charge in [0.05, 0.1) is 11.3 Å². The van der Waals surface area contributed by atoms with Crippen molar-refractivity contribution in [3.8, 4) is 5.75 Å². The van der Waals surface area contributed by atoms with E-state index < -0.39 is 16.1 Å². The molecular formula is C22H23FN4O4S. The fraction of sp³-hybridized carbons (Fsp3) is 0.273. The number of aromatic hydroxyl groups is 1. The molecule has 8 nitrogen and oxygen atoms in total. The molecule has 0 radical (unpaired) electrons. The monoisotopic (exact) mass is 458 g/mol. The molecular weight excluding hydrogens is 435 g/mol. The maximum Gasteiger partial charge on any atom is 0.303 e. The van der Waals surface area contributed by atoms with Gasteiger partial charge >= 0.3 is 10.2 Å². The average Bonchev–Trinajstić information content (AvgIpc) is 3.04. The minimum Gasteiger partial charge on any atom is -0.505 e. The number of hydrogen-bond donors (Lipinski definition) is 1. The van der Waals surface area contributed by atoms with Crippen molar-refractivity contribution in [2.45, 2.75) is 13.0 Å². The largest absolute Gasteiger partial charge is 0.505 e. The van der Waals surface area contributed by atoms with Crippen molar-refractivity contribution in [1.29, 1.82) is 0 Å². The van der Waals surface area contributed by atoms with E-state index in [0.29, 0.717) is 23.1 Å². The number of aromatic nitrogens is 1. The number of rotatable bonds is 5. The summed E-state index contributed by atoms with van der Waals surface area (Å²) in [7, 11) is 1.96. The highest BCUT2D eigenvalue weighted by molar-refractivity contribution is 7.90. The molecule has 3 aromatic rings. The van der Waals surface area contributed by atoms with Crippen molar-refractivity contribution in [2.24, 2.45) is 0 Å². The number of carbonyl (C=O) groups excluding carboxylic acids is 1. The number of nitrogens with zero attached hydrogens (tertiary/aromatic N) is 4. The van der Waals surface area contributed by atoms with Gasteiger partial charge in [-0.15, -0.1) is 0 Å². The van der Waals surface area contributed by atoms with Crippen LogP contribution in [0.3, 0.4) is 0 Å². The zero-order chi connectivity index (χ0) is 23.4. The number of amides is 1. The third kappa shape index (κ3) is 3.45. The number of hydrogen-bond acceptors (Lipinski definition) is 5. The van der Waals surface area contributed by atoms with Gasteiger partial charge in [0, 0.05) is 51.9 Å². The maximum atomic E-state index is 13.2. The molecule has 0 bridgehead atoms. The lowest BCUT2D eigenvalue weighted by Crippen LogP contribution is -2.38. The van der Waals surface area contributed by atoms with E-state index in [1.165, 1.54) is 38.2 Å². The summed E-state index contributed by atoms with van der Waals surface area (Å²) in [6.07, 6.45) is 1.99. The number of halogens is 1. The van der Waals surface area contributed by atoms with Crippen molar-refractivity contribution in [1.82, 2.24) is 14.2 Å². The predicted octanol–water partition coefficient (Wildman–Crippen LogP) is 2.50. The van der Waals surface area contributed by atoms with Crippen molar-refractivity contribution in [3.05, 3.63) is 64.6 Å². The number of pyridine rings is 1. The summed E-state index contributed by atoms with van der Waals surface area (Å²) >= 11 is 0. The number of fused-ring (bicyclic) bond motifs is 2. The molecule has 1 amide bonds. The Labute approximate surface area is 185 Å². The number of phenolic OH excluding ortho intramolecular Hbond substituents is 1. The molecule has 2 aromatic carbocycles. The van der Waals surface area contributed by atoms with Gasteiger partial charge in [0.15, 0.2) is 5.75 Å². The fourth-order valence-electron chi connectivity index (χ4n) is 3.96. The zero-order valence-electron chi connectivity index (χ0n) is 18.1.